The Labute approximate surface area is 91.0 Å². The number of carbonyl (C=O) groups excluding carboxylic acids is 1. The van der Waals surface area contributed by atoms with Crippen molar-refractivity contribution in [2.24, 2.45) is 5.11 Å². The lowest BCUT2D eigenvalue weighted by Crippen LogP contribution is -2.22. The molecule has 2 N–H and O–H groups in total. The Morgan fingerprint density at radius 3 is 3.00 bits per heavy atom. The Morgan fingerprint density at radius 1 is 1.62 bits per heavy atom. The highest BCUT2D eigenvalue weighted by molar-refractivity contribution is 5.77. The van der Waals surface area contributed by atoms with Crippen LogP contribution < -0.4 is 0 Å². The molecular formula is C9H10N4O3. The number of hydrogen-bond donors (Lipinski definition) is 2. The number of carbonyl (C=O) groups is 1. The van der Waals surface area contributed by atoms with Crippen LogP contribution in [0.15, 0.2) is 23.6 Å². The summed E-state index contributed by atoms with van der Waals surface area (Å²) in [6, 6.07) is 1.42. The number of aromatic nitrogens is 1. The summed E-state index contributed by atoms with van der Waals surface area (Å²) in [7, 11) is 0. The third-order valence-electron chi connectivity index (χ3n) is 2.03. The normalized spacial score (nSPS) is 13.6. The van der Waals surface area contributed by atoms with Crippen LogP contribution in [0.1, 0.15) is 22.0 Å². The minimum Gasteiger partial charge on any atom is -0.390 e. The van der Waals surface area contributed by atoms with Gasteiger partial charge in [-0.25, -0.2) is 0 Å². The highest BCUT2D eigenvalue weighted by atomic mass is 16.3. The van der Waals surface area contributed by atoms with Gasteiger partial charge in [0.2, 0.25) is 0 Å². The number of aliphatic hydroxyl groups excluding tert-OH is 2. The molecule has 1 heterocycles. The summed E-state index contributed by atoms with van der Waals surface area (Å²) in [5.41, 5.74) is 8.51. The molecule has 16 heavy (non-hydrogen) atoms. The molecule has 2 atom stereocenters. The monoisotopic (exact) mass is 222 g/mol. The maximum atomic E-state index is 10.7. The molecule has 0 bridgehead atoms. The van der Waals surface area contributed by atoms with E-state index in [1.165, 1.54) is 18.5 Å². The highest BCUT2D eigenvalue weighted by Crippen LogP contribution is 2.19. The van der Waals surface area contributed by atoms with Crippen molar-refractivity contribution in [3.63, 3.8) is 0 Å². The molecule has 0 fully saturated rings. The van der Waals surface area contributed by atoms with Crippen LogP contribution in [0, 0.1) is 0 Å². The van der Waals surface area contributed by atoms with Gasteiger partial charge in [0.1, 0.15) is 6.10 Å². The van der Waals surface area contributed by atoms with Gasteiger partial charge in [-0.3, -0.25) is 9.78 Å². The van der Waals surface area contributed by atoms with E-state index in [0.29, 0.717) is 6.29 Å². The number of hydrogen-bond acceptors (Lipinski definition) is 5. The van der Waals surface area contributed by atoms with Gasteiger partial charge in [-0.1, -0.05) is 5.11 Å². The number of nitrogens with zero attached hydrogens (tertiary/aromatic N) is 4. The van der Waals surface area contributed by atoms with Gasteiger partial charge in [0.05, 0.1) is 12.6 Å². The third-order valence-corrected chi connectivity index (χ3v) is 2.03. The average molecular weight is 222 g/mol. The molecule has 0 aromatic carbocycles. The Balaban J connectivity index is 2.90. The van der Waals surface area contributed by atoms with Gasteiger partial charge in [0.25, 0.3) is 0 Å². The first-order valence-electron chi connectivity index (χ1n) is 4.46. The molecule has 1 rings (SSSR count). The van der Waals surface area contributed by atoms with Gasteiger partial charge in [-0.2, -0.15) is 0 Å². The summed E-state index contributed by atoms with van der Waals surface area (Å²) in [4.78, 5) is 16.9. The zero-order chi connectivity index (χ0) is 12.0. The van der Waals surface area contributed by atoms with E-state index in [4.69, 9.17) is 5.53 Å². The lowest BCUT2D eigenvalue weighted by Gasteiger charge is -2.16. The first-order valence-corrected chi connectivity index (χ1v) is 4.46. The molecule has 0 aliphatic carbocycles. The standard InChI is InChI=1S/C9H10N4O3/c10-13-12-4-8(15)9(16)7-3-11-2-1-6(7)5-14/h1-3,5,8-9,15-16H,4H2. The first-order chi connectivity index (χ1) is 7.70. The van der Waals surface area contributed by atoms with E-state index in [9.17, 15) is 15.0 Å². The number of azide groups is 1. The largest absolute Gasteiger partial charge is 0.390 e. The van der Waals surface area contributed by atoms with E-state index < -0.39 is 12.2 Å². The Morgan fingerprint density at radius 2 is 2.38 bits per heavy atom. The lowest BCUT2D eigenvalue weighted by atomic mass is 10.0. The van der Waals surface area contributed by atoms with Crippen molar-refractivity contribution < 1.29 is 15.0 Å². The van der Waals surface area contributed by atoms with Crippen molar-refractivity contribution in [3.05, 3.63) is 40.0 Å². The Bertz CT molecular complexity index is 417. The van der Waals surface area contributed by atoms with Crippen LogP contribution in [0.4, 0.5) is 0 Å². The number of pyridine rings is 1. The molecule has 2 unspecified atom stereocenters. The van der Waals surface area contributed by atoms with Gasteiger partial charge in [-0.15, -0.1) is 0 Å². The van der Waals surface area contributed by atoms with E-state index in [-0.39, 0.29) is 17.7 Å². The molecule has 0 radical (unpaired) electrons. The minimum absolute atomic E-state index is 0.207. The van der Waals surface area contributed by atoms with Crippen LogP contribution in [0.25, 0.3) is 10.4 Å². The van der Waals surface area contributed by atoms with Crippen molar-refractivity contribution in [1.82, 2.24) is 4.98 Å². The molecule has 0 aliphatic heterocycles. The maximum Gasteiger partial charge on any atom is 0.150 e. The van der Waals surface area contributed by atoms with E-state index in [2.05, 4.69) is 15.0 Å². The van der Waals surface area contributed by atoms with E-state index in [0.717, 1.165) is 0 Å². The molecule has 1 aromatic heterocycles. The predicted molar refractivity (Wildman–Crippen MR) is 54.6 cm³/mol. The topological polar surface area (TPSA) is 119 Å². The van der Waals surface area contributed by atoms with Gasteiger partial charge in [0, 0.05) is 28.4 Å². The van der Waals surface area contributed by atoms with E-state index in [1.54, 1.807) is 0 Å². The quantitative estimate of drug-likeness (QED) is 0.328. The fourth-order valence-electron chi connectivity index (χ4n) is 1.20. The van der Waals surface area contributed by atoms with Crippen LogP contribution in [0.5, 0.6) is 0 Å². The van der Waals surface area contributed by atoms with E-state index in [1.807, 2.05) is 0 Å². The SMILES string of the molecule is [N-]=[N+]=NCC(O)C(O)c1cnccc1C=O. The van der Waals surface area contributed by atoms with Crippen LogP contribution in [0.2, 0.25) is 0 Å². The van der Waals surface area contributed by atoms with Crippen LogP contribution in [-0.4, -0.2) is 34.1 Å². The summed E-state index contributed by atoms with van der Waals surface area (Å²) >= 11 is 0. The molecule has 1 aromatic rings. The lowest BCUT2D eigenvalue weighted by molar-refractivity contribution is 0.0238. The number of aldehydes is 1. The zero-order valence-corrected chi connectivity index (χ0v) is 8.26. The van der Waals surface area contributed by atoms with E-state index >= 15 is 0 Å². The second kappa shape index (κ2) is 5.82. The maximum absolute atomic E-state index is 10.7. The fraction of sp³-hybridized carbons (Fsp3) is 0.333. The molecular weight excluding hydrogens is 212 g/mol. The van der Waals surface area contributed by atoms with Crippen molar-refractivity contribution in [3.8, 4) is 0 Å². The smallest absolute Gasteiger partial charge is 0.150 e. The average Bonchev–Trinajstić information content (AvgIpc) is 2.34. The molecule has 0 spiro atoms. The minimum atomic E-state index is -1.31. The third kappa shape index (κ3) is 2.77. The van der Waals surface area contributed by atoms with Gasteiger partial charge < -0.3 is 10.2 Å². The highest BCUT2D eigenvalue weighted by Gasteiger charge is 2.20. The molecule has 0 aliphatic rings. The van der Waals surface area contributed by atoms with Crippen molar-refractivity contribution >= 4 is 6.29 Å². The molecule has 7 heteroatoms. The molecule has 7 nitrogen and oxygen atoms in total. The summed E-state index contributed by atoms with van der Waals surface area (Å²) in [6.45, 7) is -0.273. The van der Waals surface area contributed by atoms with Gasteiger partial charge >= 0.3 is 0 Å². The summed E-state index contributed by atoms with van der Waals surface area (Å²) in [5, 5.41) is 22.3. The number of aliphatic hydroxyl groups is 2. The Hall–Kier alpha value is -1.95. The van der Waals surface area contributed by atoms with Crippen molar-refractivity contribution in [2.75, 3.05) is 6.54 Å². The second-order valence-electron chi connectivity index (χ2n) is 3.05. The second-order valence-corrected chi connectivity index (χ2v) is 3.05. The summed E-state index contributed by atoms with van der Waals surface area (Å²) in [6.07, 6.45) is 0.673. The predicted octanol–water partition coefficient (Wildman–Crippen LogP) is 0.599. The number of rotatable bonds is 5. The summed E-state index contributed by atoms with van der Waals surface area (Å²) in [5.74, 6) is 0. The van der Waals surface area contributed by atoms with Gasteiger partial charge in [-0.05, 0) is 11.6 Å². The van der Waals surface area contributed by atoms with Crippen molar-refractivity contribution in [2.45, 2.75) is 12.2 Å². The van der Waals surface area contributed by atoms with Crippen LogP contribution in [0.3, 0.4) is 0 Å². The molecule has 0 amide bonds. The first kappa shape index (κ1) is 12.1. The fourth-order valence-corrected chi connectivity index (χ4v) is 1.20. The van der Waals surface area contributed by atoms with Gasteiger partial charge in [0.15, 0.2) is 6.29 Å². The van der Waals surface area contributed by atoms with Crippen LogP contribution >= 0.6 is 0 Å². The molecule has 0 saturated carbocycles. The van der Waals surface area contributed by atoms with Crippen LogP contribution in [-0.2, 0) is 0 Å². The molecule has 84 valence electrons. The summed E-state index contributed by atoms with van der Waals surface area (Å²) < 4.78 is 0. The Kier molecular flexibility index (Phi) is 4.41. The zero-order valence-electron chi connectivity index (χ0n) is 8.26. The molecule has 0 saturated heterocycles. The van der Waals surface area contributed by atoms with Crippen molar-refractivity contribution in [1.29, 1.82) is 0 Å².